The van der Waals surface area contributed by atoms with E-state index in [1.54, 1.807) is 26.0 Å². The maximum absolute atomic E-state index is 13.0. The summed E-state index contributed by atoms with van der Waals surface area (Å²) in [6.45, 7) is 3.82. The van der Waals surface area contributed by atoms with E-state index >= 15 is 0 Å². The Morgan fingerprint density at radius 1 is 1.27 bits per heavy atom. The fourth-order valence-electron chi connectivity index (χ4n) is 2.62. The molecule has 7 nitrogen and oxygen atoms in total. The van der Waals surface area contributed by atoms with Crippen molar-refractivity contribution in [2.75, 3.05) is 6.54 Å². The summed E-state index contributed by atoms with van der Waals surface area (Å²) in [6.07, 6.45) is 0.208. The molecular weight excluding hydrogens is 341 g/mol. The number of halogens is 1. The van der Waals surface area contributed by atoms with Gasteiger partial charge in [-0.05, 0) is 31.5 Å². The highest BCUT2D eigenvalue weighted by molar-refractivity contribution is 6.39. The number of amides is 2. The number of hydrazone groups is 1. The highest BCUT2D eigenvalue weighted by Crippen LogP contribution is 2.16. The van der Waals surface area contributed by atoms with E-state index in [-0.39, 0.29) is 61.7 Å². The summed E-state index contributed by atoms with van der Waals surface area (Å²) < 4.78 is 13.0. The van der Waals surface area contributed by atoms with Crippen molar-refractivity contribution in [1.82, 2.24) is 9.91 Å². The Balaban J connectivity index is 2.15. The van der Waals surface area contributed by atoms with Crippen LogP contribution >= 0.6 is 0 Å². The lowest BCUT2D eigenvalue weighted by molar-refractivity contribution is -0.138. The van der Waals surface area contributed by atoms with Gasteiger partial charge in [0, 0.05) is 25.4 Å². The van der Waals surface area contributed by atoms with Crippen LogP contribution in [0.4, 0.5) is 4.39 Å². The van der Waals surface area contributed by atoms with Crippen LogP contribution in [0.3, 0.4) is 0 Å². The Morgan fingerprint density at radius 2 is 1.92 bits per heavy atom. The van der Waals surface area contributed by atoms with Gasteiger partial charge in [-0.15, -0.1) is 0 Å². The fourth-order valence-corrected chi connectivity index (χ4v) is 2.62. The number of carbonyl (C=O) groups is 3. The van der Waals surface area contributed by atoms with Crippen molar-refractivity contribution in [3.8, 4) is 0 Å². The molecule has 2 amide bonds. The molecule has 1 N–H and O–H groups in total. The van der Waals surface area contributed by atoms with Crippen LogP contribution in [0.5, 0.6) is 0 Å². The molecule has 0 saturated heterocycles. The van der Waals surface area contributed by atoms with Crippen molar-refractivity contribution in [3.05, 3.63) is 35.6 Å². The van der Waals surface area contributed by atoms with Gasteiger partial charge in [0.2, 0.25) is 5.91 Å². The molecule has 1 heterocycles. The second kappa shape index (κ2) is 8.55. The Hall–Kier alpha value is -2.77. The topological polar surface area (TPSA) is 90.3 Å². The maximum atomic E-state index is 13.0. The van der Waals surface area contributed by atoms with Gasteiger partial charge in [0.05, 0.1) is 13.0 Å². The summed E-state index contributed by atoms with van der Waals surface area (Å²) >= 11 is 0. The molecule has 1 aliphatic heterocycles. The molecule has 1 aliphatic rings. The first-order valence-corrected chi connectivity index (χ1v) is 8.43. The van der Waals surface area contributed by atoms with E-state index in [2.05, 4.69) is 5.10 Å². The van der Waals surface area contributed by atoms with Gasteiger partial charge in [0.1, 0.15) is 11.5 Å². The average molecular weight is 363 g/mol. The second-order valence-corrected chi connectivity index (χ2v) is 6.36. The Bertz CT molecular complexity index is 716. The van der Waals surface area contributed by atoms with Crippen molar-refractivity contribution in [3.63, 3.8) is 0 Å². The number of aliphatic carboxylic acids is 1. The molecule has 0 radical (unpaired) electrons. The summed E-state index contributed by atoms with van der Waals surface area (Å²) in [6, 6.07) is 5.52. The van der Waals surface area contributed by atoms with E-state index in [0.717, 1.165) is 0 Å². The predicted octanol–water partition coefficient (Wildman–Crippen LogP) is 2.02. The minimum Gasteiger partial charge on any atom is -0.481 e. The van der Waals surface area contributed by atoms with Gasteiger partial charge < -0.3 is 10.0 Å². The average Bonchev–Trinajstić information content (AvgIpc) is 2.58. The van der Waals surface area contributed by atoms with E-state index in [4.69, 9.17) is 5.11 Å². The van der Waals surface area contributed by atoms with Crippen LogP contribution in [0.25, 0.3) is 0 Å². The SMILES string of the molecule is CC(C)N(CCC(=O)O)C(=O)C1=NN(Cc2ccc(F)cc2)C(=O)CC1. The van der Waals surface area contributed by atoms with Crippen molar-refractivity contribution in [2.24, 2.45) is 5.10 Å². The molecule has 0 unspecified atom stereocenters. The van der Waals surface area contributed by atoms with Crippen LogP contribution in [0.15, 0.2) is 29.4 Å². The molecule has 0 atom stereocenters. The number of carboxylic acids is 1. The molecule has 0 aliphatic carbocycles. The molecular formula is C18H22FN3O4. The summed E-state index contributed by atoms with van der Waals surface area (Å²) in [5.41, 5.74) is 0.926. The summed E-state index contributed by atoms with van der Waals surface area (Å²) in [5, 5.41) is 14.2. The monoisotopic (exact) mass is 363 g/mol. The normalized spacial score (nSPS) is 14.4. The van der Waals surface area contributed by atoms with Crippen molar-refractivity contribution >= 4 is 23.5 Å². The first-order chi connectivity index (χ1) is 12.3. The van der Waals surface area contributed by atoms with Gasteiger partial charge in [-0.2, -0.15) is 5.10 Å². The summed E-state index contributed by atoms with van der Waals surface area (Å²) in [4.78, 5) is 37.1. The van der Waals surface area contributed by atoms with Gasteiger partial charge in [-0.1, -0.05) is 12.1 Å². The summed E-state index contributed by atoms with van der Waals surface area (Å²) in [7, 11) is 0. The van der Waals surface area contributed by atoms with Gasteiger partial charge in [-0.25, -0.2) is 9.40 Å². The Kier molecular flexibility index (Phi) is 6.43. The number of benzene rings is 1. The molecule has 0 aromatic heterocycles. The summed E-state index contributed by atoms with van der Waals surface area (Å²) in [5.74, 6) is -1.93. The van der Waals surface area contributed by atoms with Crippen molar-refractivity contribution < 1.29 is 23.9 Å². The standard InChI is InChI=1S/C18H22FN3O4/c1-12(2)21(10-9-17(24)25)18(26)15-7-8-16(23)22(20-15)11-13-3-5-14(19)6-4-13/h3-6,12H,7-11H2,1-2H3,(H,24,25). The third-order valence-corrected chi connectivity index (χ3v) is 4.05. The number of hydrogen-bond donors (Lipinski definition) is 1. The highest BCUT2D eigenvalue weighted by atomic mass is 19.1. The molecule has 26 heavy (non-hydrogen) atoms. The lowest BCUT2D eigenvalue weighted by Crippen LogP contribution is -2.45. The number of rotatable bonds is 7. The molecule has 0 saturated carbocycles. The number of nitrogens with zero attached hydrogens (tertiary/aromatic N) is 3. The maximum Gasteiger partial charge on any atom is 0.305 e. The van der Waals surface area contributed by atoms with Crippen LogP contribution in [0, 0.1) is 5.82 Å². The zero-order chi connectivity index (χ0) is 19.3. The van der Waals surface area contributed by atoms with Crippen LogP contribution in [0.2, 0.25) is 0 Å². The van der Waals surface area contributed by atoms with Gasteiger partial charge in [0.25, 0.3) is 5.91 Å². The molecule has 140 valence electrons. The van der Waals surface area contributed by atoms with Crippen LogP contribution in [0.1, 0.15) is 38.7 Å². The highest BCUT2D eigenvalue weighted by Gasteiger charge is 2.29. The first-order valence-electron chi connectivity index (χ1n) is 8.43. The molecule has 1 aromatic carbocycles. The molecule has 0 spiro atoms. The molecule has 1 aromatic rings. The van der Waals surface area contributed by atoms with E-state index in [9.17, 15) is 18.8 Å². The third-order valence-electron chi connectivity index (χ3n) is 4.05. The van der Waals surface area contributed by atoms with Gasteiger partial charge in [-0.3, -0.25) is 14.4 Å². The van der Waals surface area contributed by atoms with E-state index in [1.807, 2.05) is 0 Å². The Morgan fingerprint density at radius 3 is 2.50 bits per heavy atom. The molecule has 0 fully saturated rings. The zero-order valence-electron chi connectivity index (χ0n) is 14.8. The second-order valence-electron chi connectivity index (χ2n) is 6.36. The van der Waals surface area contributed by atoms with Crippen molar-refractivity contribution in [1.29, 1.82) is 0 Å². The molecule has 0 bridgehead atoms. The van der Waals surface area contributed by atoms with E-state index in [1.165, 1.54) is 22.0 Å². The van der Waals surface area contributed by atoms with Gasteiger partial charge >= 0.3 is 5.97 Å². The number of carbonyl (C=O) groups excluding carboxylic acids is 2. The molecule has 2 rings (SSSR count). The predicted molar refractivity (Wildman–Crippen MR) is 92.7 cm³/mol. The van der Waals surface area contributed by atoms with E-state index < -0.39 is 5.97 Å². The van der Waals surface area contributed by atoms with Crippen LogP contribution in [-0.2, 0) is 20.9 Å². The number of carboxylic acid groups (broad SMARTS) is 1. The molecule has 8 heteroatoms. The minimum absolute atomic E-state index is 0.0801. The van der Waals surface area contributed by atoms with Crippen LogP contribution < -0.4 is 0 Å². The number of hydrogen-bond acceptors (Lipinski definition) is 4. The largest absolute Gasteiger partial charge is 0.481 e. The lowest BCUT2D eigenvalue weighted by Gasteiger charge is -2.29. The van der Waals surface area contributed by atoms with Crippen LogP contribution in [-0.4, -0.2) is 51.1 Å². The van der Waals surface area contributed by atoms with E-state index in [0.29, 0.717) is 5.56 Å². The fraction of sp³-hybridized carbons (Fsp3) is 0.444. The third kappa shape index (κ3) is 5.11. The zero-order valence-corrected chi connectivity index (χ0v) is 14.8. The minimum atomic E-state index is -0.984. The Labute approximate surface area is 151 Å². The van der Waals surface area contributed by atoms with Gasteiger partial charge in [0.15, 0.2) is 0 Å². The first kappa shape index (κ1) is 19.6. The lowest BCUT2D eigenvalue weighted by atomic mass is 10.1. The quantitative estimate of drug-likeness (QED) is 0.802. The smallest absolute Gasteiger partial charge is 0.305 e. The van der Waals surface area contributed by atoms with Crippen molar-refractivity contribution in [2.45, 2.75) is 45.7 Å².